The monoisotopic (exact) mass is 270 g/mol. The second kappa shape index (κ2) is 2.93. The molecule has 0 aliphatic carbocycles. The van der Waals surface area contributed by atoms with E-state index in [0.717, 1.165) is 0 Å². The lowest BCUT2D eigenvalue weighted by Crippen LogP contribution is -1.62. The topological polar surface area (TPSA) is 0 Å². The zero-order valence-electron chi connectivity index (χ0n) is 1.71. The smallest absolute Gasteiger partial charge is 0.143 e. The number of hydrogen-bond donors (Lipinski definition) is 0. The van der Waals surface area contributed by atoms with E-state index in [-0.39, 0.29) is 0 Å². The molecule has 0 aliphatic rings. The number of halogens is 3. The minimum atomic E-state index is -0.884. The van der Waals surface area contributed by atoms with Crippen molar-refractivity contribution in [1.82, 2.24) is 0 Å². The highest BCUT2D eigenvalue weighted by molar-refractivity contribution is 14.1. The summed E-state index contributed by atoms with van der Waals surface area (Å²) in [4.78, 5) is 0. The van der Waals surface area contributed by atoms with Gasteiger partial charge in [0, 0.05) is 0 Å². The maximum Gasteiger partial charge on any atom is 0.273 e. The predicted molar refractivity (Wildman–Crippen MR) is 35.9 cm³/mol. The van der Waals surface area contributed by atoms with Crippen molar-refractivity contribution in [1.29, 1.82) is 0 Å². The first-order valence-corrected chi connectivity index (χ1v) is 9.76. The van der Waals surface area contributed by atoms with Crippen LogP contribution in [0.2, 0.25) is 0 Å². The van der Waals surface area contributed by atoms with E-state index in [0.29, 0.717) is 0 Å². The molecule has 0 nitrogen and oxygen atoms in total. The van der Waals surface area contributed by atoms with E-state index < -0.39 is 4.22 Å². The van der Waals surface area contributed by atoms with Crippen LogP contribution in [0, 0.1) is 0 Å². The van der Waals surface area contributed by atoms with Gasteiger partial charge in [-0.05, 0) is 0 Å². The number of rotatable bonds is 0. The second-order valence-electron chi connectivity index (χ2n) is 0.247. The summed E-state index contributed by atoms with van der Waals surface area (Å²) in [5.74, 6) is 0. The van der Waals surface area contributed by atoms with Crippen LogP contribution in [-0.4, -0.2) is 4.22 Å². The molecule has 0 rings (SSSR count). The summed E-state index contributed by atoms with van der Waals surface area (Å²) >= 11 is 10.6. The van der Waals surface area contributed by atoms with Crippen molar-refractivity contribution in [2.75, 3.05) is 0 Å². The molecule has 26 valence electrons. The lowest BCUT2D eigenvalue weighted by atomic mass is 27.9. The first-order valence-electron chi connectivity index (χ1n) is 0.655. The molecule has 0 aromatic rings. The van der Waals surface area contributed by atoms with E-state index in [4.69, 9.17) is 11.1 Å². The van der Waals surface area contributed by atoms with E-state index in [2.05, 4.69) is 37.1 Å². The Hall–Kier alpha value is 1.72. The van der Waals surface area contributed by atoms with Crippen molar-refractivity contribution in [3.05, 3.63) is 0 Å². The van der Waals surface area contributed by atoms with Gasteiger partial charge in [0.15, 0.2) is 0 Å². The van der Waals surface area contributed by atoms with Crippen molar-refractivity contribution < 1.29 is 0 Å². The largest absolute Gasteiger partial charge is 0.273 e. The molecule has 0 aromatic heterocycles. The van der Waals surface area contributed by atoms with Crippen LogP contribution < -0.4 is 0 Å². The van der Waals surface area contributed by atoms with Crippen LogP contribution >= 0.6 is 48.2 Å². The van der Waals surface area contributed by atoms with Crippen LogP contribution in [0.1, 0.15) is 0 Å². The molecule has 4 heavy (non-hydrogen) atoms. The zero-order chi connectivity index (χ0) is 3.58. The standard InChI is InChI=1S/BrClHISi/c1-4(2)3/h4H. The molecule has 0 saturated heterocycles. The van der Waals surface area contributed by atoms with Crippen molar-refractivity contribution in [3.63, 3.8) is 0 Å². The van der Waals surface area contributed by atoms with Crippen molar-refractivity contribution in [2.24, 2.45) is 0 Å². The molecule has 0 bridgehead atoms. The van der Waals surface area contributed by atoms with E-state index in [1.54, 1.807) is 0 Å². The second-order valence-corrected chi connectivity index (χ2v) is 17.5. The molecule has 1 atom stereocenters. The molecule has 0 spiro atoms. The van der Waals surface area contributed by atoms with E-state index in [1.807, 2.05) is 0 Å². The van der Waals surface area contributed by atoms with Crippen molar-refractivity contribution in [2.45, 2.75) is 0 Å². The molecule has 1 unspecified atom stereocenters. The Morgan fingerprint density at radius 1 is 2.00 bits per heavy atom. The number of hydrogen-bond acceptors (Lipinski definition) is 0. The summed E-state index contributed by atoms with van der Waals surface area (Å²) in [5, 5.41) is 0. The Labute approximate surface area is 52.0 Å². The fourth-order valence-electron chi connectivity index (χ4n) is 0. The van der Waals surface area contributed by atoms with Crippen LogP contribution in [0.25, 0.3) is 0 Å². The summed E-state index contributed by atoms with van der Waals surface area (Å²) < 4.78 is -0.884. The molecular weight excluding hydrogens is 270 g/mol. The van der Waals surface area contributed by atoms with E-state index in [1.165, 1.54) is 0 Å². The average molecular weight is 271 g/mol. The van der Waals surface area contributed by atoms with Gasteiger partial charge in [0.25, 0.3) is 4.22 Å². The fourth-order valence-corrected chi connectivity index (χ4v) is 0. The first-order chi connectivity index (χ1) is 1.73. The average Bonchev–Trinajstić information content (AvgIpc) is 0.811. The molecule has 0 aromatic carbocycles. The minimum absolute atomic E-state index is 0.884. The van der Waals surface area contributed by atoms with Crippen LogP contribution in [0.4, 0.5) is 0 Å². The Morgan fingerprint density at radius 3 is 2.00 bits per heavy atom. The molecule has 4 heteroatoms. The lowest BCUT2D eigenvalue weighted by Gasteiger charge is -1.66. The summed E-state index contributed by atoms with van der Waals surface area (Å²) in [6.45, 7) is 0. The Balaban J connectivity index is 2.32. The van der Waals surface area contributed by atoms with Gasteiger partial charge >= 0.3 is 0 Å². The van der Waals surface area contributed by atoms with Crippen molar-refractivity contribution >= 4 is 52.4 Å². The van der Waals surface area contributed by atoms with E-state index >= 15 is 0 Å². The predicted octanol–water partition coefficient (Wildman–Crippen LogP) is 1.77. The Morgan fingerprint density at radius 2 is 2.00 bits per heavy atom. The molecule has 0 saturated carbocycles. The minimum Gasteiger partial charge on any atom is -0.143 e. The van der Waals surface area contributed by atoms with Gasteiger partial charge in [-0.3, -0.25) is 0 Å². The maximum atomic E-state index is 5.32. The van der Waals surface area contributed by atoms with Gasteiger partial charge in [-0.2, -0.15) is 0 Å². The summed E-state index contributed by atoms with van der Waals surface area (Å²) in [5.41, 5.74) is 0. The van der Waals surface area contributed by atoms with Gasteiger partial charge in [0.1, 0.15) is 0 Å². The molecule has 0 radical (unpaired) electrons. The Bertz CT molecular complexity index is 12.8. The SMILES string of the molecule is Cl[SiH](Br)I. The van der Waals surface area contributed by atoms with Gasteiger partial charge in [-0.25, -0.2) is 0 Å². The Kier molecular flexibility index (Phi) is 4.19. The molecule has 0 heterocycles. The molecule has 0 amide bonds. The highest BCUT2D eigenvalue weighted by atomic mass is 127. The molecule has 0 fully saturated rings. The summed E-state index contributed by atoms with van der Waals surface area (Å²) in [6, 6.07) is 0. The van der Waals surface area contributed by atoms with Crippen LogP contribution in [0.3, 0.4) is 0 Å². The quantitative estimate of drug-likeness (QED) is 0.358. The lowest BCUT2D eigenvalue weighted by molar-refractivity contribution is 4.61. The summed E-state index contributed by atoms with van der Waals surface area (Å²) in [6.07, 6.45) is 0. The normalized spacial score (nSPS) is 15.8. The third-order valence-corrected chi connectivity index (χ3v) is 0. The highest BCUT2D eigenvalue weighted by Gasteiger charge is 1.83. The van der Waals surface area contributed by atoms with Gasteiger partial charge in [0.2, 0.25) is 0 Å². The van der Waals surface area contributed by atoms with Crippen LogP contribution in [-0.2, 0) is 0 Å². The first kappa shape index (κ1) is 5.72. The van der Waals surface area contributed by atoms with Gasteiger partial charge in [-0.15, -0.1) is 11.1 Å². The third kappa shape index (κ3) is 9.31. The van der Waals surface area contributed by atoms with Crippen LogP contribution in [0.5, 0.6) is 0 Å². The van der Waals surface area contributed by atoms with Crippen molar-refractivity contribution in [3.8, 4) is 0 Å². The summed E-state index contributed by atoms with van der Waals surface area (Å²) in [7, 11) is 0. The molecule has 0 N–H and O–H groups in total. The molecular formula is HBrClISi. The highest BCUT2D eigenvalue weighted by Crippen LogP contribution is 2.05. The third-order valence-electron chi connectivity index (χ3n) is 0. The van der Waals surface area contributed by atoms with Crippen LogP contribution in [0.15, 0.2) is 0 Å². The van der Waals surface area contributed by atoms with Gasteiger partial charge in [0.05, 0.1) is 0 Å². The zero-order valence-corrected chi connectivity index (χ0v) is 7.37. The van der Waals surface area contributed by atoms with Gasteiger partial charge < -0.3 is 0 Å². The van der Waals surface area contributed by atoms with E-state index in [9.17, 15) is 0 Å². The maximum absolute atomic E-state index is 5.32. The van der Waals surface area contributed by atoms with Gasteiger partial charge in [-0.1, -0.05) is 37.1 Å². The fraction of sp³-hybridized carbons (Fsp3) is 0. The molecule has 0 aliphatic heterocycles.